The summed E-state index contributed by atoms with van der Waals surface area (Å²) in [6, 6.07) is 2.21. The Balaban J connectivity index is 0.000000810. The monoisotopic (exact) mass is 208 g/mol. The van der Waals surface area contributed by atoms with E-state index in [1.165, 1.54) is 0 Å². The fourth-order valence-electron chi connectivity index (χ4n) is 1.00. The minimum absolute atomic E-state index is 0. The van der Waals surface area contributed by atoms with Gasteiger partial charge in [-0.05, 0) is 20.1 Å². The van der Waals surface area contributed by atoms with Crippen molar-refractivity contribution in [3.8, 4) is 6.07 Å². The molecule has 0 aromatic rings. The van der Waals surface area contributed by atoms with E-state index < -0.39 is 0 Å². The Morgan fingerprint density at radius 3 is 2.30 bits per heavy atom. The summed E-state index contributed by atoms with van der Waals surface area (Å²) in [6.45, 7) is 2.12. The third kappa shape index (κ3) is 3.50. The molecule has 1 aliphatic heterocycles. The van der Waals surface area contributed by atoms with Crippen LogP contribution in [0.15, 0.2) is 0 Å². The number of piperidine rings is 1. The van der Waals surface area contributed by atoms with Crippen LogP contribution in [0.4, 0.5) is 0 Å². The van der Waals surface area contributed by atoms with Gasteiger partial charge < -0.3 is 4.90 Å². The predicted molar refractivity (Wildman–Crippen MR) is 35.6 cm³/mol. The Bertz CT molecular complexity index is 122. The Morgan fingerprint density at radius 1 is 1.40 bits per heavy atom. The van der Waals surface area contributed by atoms with E-state index >= 15 is 0 Å². The van der Waals surface area contributed by atoms with Crippen LogP contribution in [0.2, 0.25) is 0 Å². The molecule has 1 heterocycles. The summed E-state index contributed by atoms with van der Waals surface area (Å²) in [5.41, 5.74) is 0. The number of nitrogens with zero attached hydrogens (tertiary/aromatic N) is 2. The average Bonchev–Trinajstić information content (AvgIpc) is 1.90. The molecule has 1 rings (SSSR count). The van der Waals surface area contributed by atoms with E-state index in [0.717, 1.165) is 31.8 Å². The van der Waals surface area contributed by atoms with E-state index in [0.29, 0.717) is 0 Å². The molecule has 0 bridgehead atoms. The molecule has 0 atom stereocenters. The zero-order valence-electron chi connectivity index (χ0n) is 6.72. The van der Waals surface area contributed by atoms with Gasteiger partial charge in [0.05, 0.1) is 0 Å². The SMILES string of the molecule is CN1CC[C-](C#N)CC1.[Rb+]. The second-order valence-corrected chi connectivity index (χ2v) is 2.52. The first-order valence-electron chi connectivity index (χ1n) is 3.26. The van der Waals surface area contributed by atoms with Gasteiger partial charge in [-0.25, -0.2) is 5.26 Å². The van der Waals surface area contributed by atoms with Crippen molar-refractivity contribution in [3.05, 3.63) is 5.92 Å². The molecule has 50 valence electrons. The van der Waals surface area contributed by atoms with Gasteiger partial charge in [-0.3, -0.25) is 5.92 Å². The van der Waals surface area contributed by atoms with Crippen LogP contribution in [-0.4, -0.2) is 25.0 Å². The van der Waals surface area contributed by atoms with Crippen LogP contribution in [-0.2, 0) is 0 Å². The van der Waals surface area contributed by atoms with Gasteiger partial charge in [-0.1, -0.05) is 0 Å². The molecule has 10 heavy (non-hydrogen) atoms. The zero-order chi connectivity index (χ0) is 6.69. The van der Waals surface area contributed by atoms with Gasteiger partial charge in [-0.15, -0.1) is 18.9 Å². The number of rotatable bonds is 0. The van der Waals surface area contributed by atoms with Crippen LogP contribution in [0.25, 0.3) is 0 Å². The van der Waals surface area contributed by atoms with Crippen molar-refractivity contribution in [2.75, 3.05) is 20.1 Å². The maximum absolute atomic E-state index is 8.47. The Kier molecular flexibility index (Phi) is 6.38. The maximum atomic E-state index is 8.47. The van der Waals surface area contributed by atoms with Crippen LogP contribution in [0.1, 0.15) is 12.8 Å². The molecule has 0 N–H and O–H groups in total. The van der Waals surface area contributed by atoms with Crippen molar-refractivity contribution in [1.82, 2.24) is 4.90 Å². The first-order valence-corrected chi connectivity index (χ1v) is 3.26. The fourth-order valence-corrected chi connectivity index (χ4v) is 1.00. The third-order valence-electron chi connectivity index (χ3n) is 1.75. The average molecular weight is 209 g/mol. The summed E-state index contributed by atoms with van der Waals surface area (Å²) in [7, 11) is 2.09. The molecular weight excluding hydrogens is 198 g/mol. The smallest absolute Gasteiger partial charge is 0.311 e. The molecule has 0 spiro atoms. The van der Waals surface area contributed by atoms with E-state index in [1.54, 1.807) is 0 Å². The molecule has 2 nitrogen and oxygen atoms in total. The van der Waals surface area contributed by atoms with E-state index in [4.69, 9.17) is 5.26 Å². The second kappa shape index (κ2) is 5.73. The third-order valence-corrected chi connectivity index (χ3v) is 1.75. The van der Waals surface area contributed by atoms with Gasteiger partial charge in [0.15, 0.2) is 0 Å². The zero-order valence-corrected chi connectivity index (χ0v) is 11.6. The predicted octanol–water partition coefficient (Wildman–Crippen LogP) is -2.19. The van der Waals surface area contributed by atoms with Crippen LogP contribution < -0.4 is 58.2 Å². The molecular formula is C7H11N2Rb. The first-order chi connectivity index (χ1) is 4.33. The minimum atomic E-state index is 0. The summed E-state index contributed by atoms with van der Waals surface area (Å²) in [5, 5.41) is 8.47. The fraction of sp³-hybridized carbons (Fsp3) is 0.714. The quantitative estimate of drug-likeness (QED) is 0.423. The van der Waals surface area contributed by atoms with Gasteiger partial charge in [0.2, 0.25) is 0 Å². The second-order valence-electron chi connectivity index (χ2n) is 2.52. The van der Waals surface area contributed by atoms with Crippen molar-refractivity contribution in [2.24, 2.45) is 0 Å². The molecule has 0 radical (unpaired) electrons. The molecule has 1 aliphatic rings. The molecule has 1 fully saturated rings. The van der Waals surface area contributed by atoms with Gasteiger partial charge in [0, 0.05) is 0 Å². The molecule has 0 aromatic heterocycles. The maximum Gasteiger partial charge on any atom is 1.00 e. The molecule has 0 saturated carbocycles. The van der Waals surface area contributed by atoms with Crippen molar-refractivity contribution < 1.29 is 58.2 Å². The van der Waals surface area contributed by atoms with Gasteiger partial charge >= 0.3 is 58.2 Å². The minimum Gasteiger partial charge on any atom is -0.311 e. The summed E-state index contributed by atoms with van der Waals surface area (Å²) in [6.07, 6.45) is 1.96. The van der Waals surface area contributed by atoms with Crippen molar-refractivity contribution in [2.45, 2.75) is 12.8 Å². The van der Waals surface area contributed by atoms with Crippen molar-refractivity contribution >= 4 is 0 Å². The van der Waals surface area contributed by atoms with Crippen LogP contribution in [0, 0.1) is 17.2 Å². The number of likely N-dealkylation sites (tertiary alicyclic amines) is 1. The normalized spacial score (nSPS) is 19.4. The summed E-state index contributed by atoms with van der Waals surface area (Å²) < 4.78 is 0. The molecule has 3 heteroatoms. The van der Waals surface area contributed by atoms with Crippen molar-refractivity contribution in [1.29, 1.82) is 5.26 Å². The Morgan fingerprint density at radius 2 is 1.90 bits per heavy atom. The van der Waals surface area contributed by atoms with E-state index in [1.807, 2.05) is 0 Å². The summed E-state index contributed by atoms with van der Waals surface area (Å²) in [5.74, 6) is 1.06. The molecule has 1 saturated heterocycles. The molecule has 0 aliphatic carbocycles. The molecule has 0 unspecified atom stereocenters. The Labute approximate surface area is 111 Å². The standard InChI is InChI=1S/C7H11N2.Rb/c1-9-4-2-7(6-8)3-5-9;/h2-5H2,1H3;/q-1;+1. The molecule has 0 amide bonds. The topological polar surface area (TPSA) is 27.0 Å². The van der Waals surface area contributed by atoms with Gasteiger partial charge in [0.1, 0.15) is 0 Å². The molecule has 0 aromatic carbocycles. The number of hydrogen-bond acceptors (Lipinski definition) is 2. The van der Waals surface area contributed by atoms with Crippen molar-refractivity contribution in [3.63, 3.8) is 0 Å². The van der Waals surface area contributed by atoms with E-state index in [2.05, 4.69) is 18.0 Å². The summed E-state index contributed by atoms with van der Waals surface area (Å²) >= 11 is 0. The number of nitriles is 1. The van der Waals surface area contributed by atoms with E-state index in [-0.39, 0.29) is 58.2 Å². The van der Waals surface area contributed by atoms with E-state index in [9.17, 15) is 0 Å². The van der Waals surface area contributed by atoms with Crippen LogP contribution >= 0.6 is 0 Å². The van der Waals surface area contributed by atoms with Gasteiger partial charge in [0.25, 0.3) is 0 Å². The number of hydrogen-bond donors (Lipinski definition) is 0. The van der Waals surface area contributed by atoms with Crippen LogP contribution in [0.5, 0.6) is 0 Å². The van der Waals surface area contributed by atoms with Crippen LogP contribution in [0.3, 0.4) is 0 Å². The van der Waals surface area contributed by atoms with Gasteiger partial charge in [-0.2, -0.15) is 0 Å². The first kappa shape index (κ1) is 11.1. The largest absolute Gasteiger partial charge is 1.00 e. The summed E-state index contributed by atoms with van der Waals surface area (Å²) in [4.78, 5) is 2.25. The Hall–Kier alpha value is 1.13.